The van der Waals surface area contributed by atoms with E-state index in [0.717, 1.165) is 24.4 Å². The lowest BCUT2D eigenvalue weighted by atomic mass is 10.1. The molecule has 0 fully saturated rings. The molecule has 114 valence electrons. The molecule has 0 radical (unpaired) electrons. The third kappa shape index (κ3) is 4.15. The second-order valence-electron chi connectivity index (χ2n) is 5.22. The van der Waals surface area contributed by atoms with Crippen LogP contribution in [0.3, 0.4) is 0 Å². The van der Waals surface area contributed by atoms with Crippen LogP contribution in [0.1, 0.15) is 24.4 Å². The van der Waals surface area contributed by atoms with Crippen LogP contribution in [-0.4, -0.2) is 30.8 Å². The van der Waals surface area contributed by atoms with E-state index < -0.39 is 9.84 Å². The van der Waals surface area contributed by atoms with E-state index in [0.29, 0.717) is 4.90 Å². The van der Waals surface area contributed by atoms with Gasteiger partial charge in [-0.15, -0.1) is 0 Å². The van der Waals surface area contributed by atoms with Crippen LogP contribution in [0.15, 0.2) is 41.6 Å². The molecule has 1 atom stereocenters. The number of imidazole rings is 1. The Hall–Kier alpha value is -1.66. The Kier molecular flexibility index (Phi) is 4.80. The number of nitrogens with one attached hydrogen (secondary N) is 1. The van der Waals surface area contributed by atoms with Crippen LogP contribution in [0, 0.1) is 0 Å². The largest absolute Gasteiger partial charge is 0.338 e. The lowest BCUT2D eigenvalue weighted by Crippen LogP contribution is -2.22. The Labute approximate surface area is 125 Å². The van der Waals surface area contributed by atoms with Gasteiger partial charge in [-0.1, -0.05) is 12.1 Å². The fourth-order valence-corrected chi connectivity index (χ4v) is 2.79. The second kappa shape index (κ2) is 6.41. The molecule has 2 rings (SSSR count). The minimum absolute atomic E-state index is 0.166. The first kappa shape index (κ1) is 15.7. The van der Waals surface area contributed by atoms with Crippen molar-refractivity contribution in [1.29, 1.82) is 0 Å². The smallest absolute Gasteiger partial charge is 0.175 e. The van der Waals surface area contributed by atoms with Crippen molar-refractivity contribution in [2.24, 2.45) is 7.05 Å². The molecule has 1 aromatic carbocycles. The van der Waals surface area contributed by atoms with Gasteiger partial charge in [-0.25, -0.2) is 13.4 Å². The van der Waals surface area contributed by atoms with E-state index in [4.69, 9.17) is 0 Å². The number of aryl methyl sites for hydroxylation is 1. The summed E-state index contributed by atoms with van der Waals surface area (Å²) in [4.78, 5) is 4.63. The number of sulfone groups is 1. The number of hydrogen-bond donors (Lipinski definition) is 1. The van der Waals surface area contributed by atoms with Crippen molar-refractivity contribution in [3.8, 4) is 0 Å². The molecule has 0 saturated heterocycles. The summed E-state index contributed by atoms with van der Waals surface area (Å²) in [5, 5.41) is 3.42. The first-order valence-corrected chi connectivity index (χ1v) is 8.76. The summed E-state index contributed by atoms with van der Waals surface area (Å²) in [6.07, 6.45) is 5.80. The maximum atomic E-state index is 11.4. The fourth-order valence-electron chi connectivity index (χ4n) is 2.16. The van der Waals surface area contributed by atoms with Gasteiger partial charge in [0.2, 0.25) is 0 Å². The average Bonchev–Trinajstić information content (AvgIpc) is 2.83. The van der Waals surface area contributed by atoms with Crippen molar-refractivity contribution >= 4 is 9.84 Å². The summed E-state index contributed by atoms with van der Waals surface area (Å²) in [6.45, 7) is 2.88. The Morgan fingerprint density at radius 1 is 1.29 bits per heavy atom. The molecule has 0 aliphatic heterocycles. The molecule has 6 heteroatoms. The third-order valence-electron chi connectivity index (χ3n) is 3.53. The molecule has 5 nitrogen and oxygen atoms in total. The Balaban J connectivity index is 1.91. The lowest BCUT2D eigenvalue weighted by Gasteiger charge is -2.14. The van der Waals surface area contributed by atoms with Gasteiger partial charge in [0.15, 0.2) is 9.84 Å². The van der Waals surface area contributed by atoms with E-state index in [-0.39, 0.29) is 6.04 Å². The number of nitrogens with zero attached hydrogens (tertiary/aromatic N) is 2. The van der Waals surface area contributed by atoms with E-state index in [1.165, 1.54) is 6.26 Å². The van der Waals surface area contributed by atoms with Crippen molar-refractivity contribution in [1.82, 2.24) is 14.9 Å². The zero-order valence-electron chi connectivity index (χ0n) is 12.6. The zero-order chi connectivity index (χ0) is 15.5. The lowest BCUT2D eigenvalue weighted by molar-refractivity contribution is 0.564. The van der Waals surface area contributed by atoms with Crippen molar-refractivity contribution in [2.45, 2.75) is 24.3 Å². The normalized spacial score (nSPS) is 13.3. The topological polar surface area (TPSA) is 64.0 Å². The standard InChI is InChI=1S/C15H21N3O2S/c1-12(16-9-8-15-17-10-11-18(15)2)13-4-6-14(7-5-13)21(3,19)20/h4-7,10-12,16H,8-9H2,1-3H3. The van der Waals surface area contributed by atoms with E-state index in [2.05, 4.69) is 17.2 Å². The highest BCUT2D eigenvalue weighted by Crippen LogP contribution is 2.16. The molecule has 0 bridgehead atoms. The van der Waals surface area contributed by atoms with Gasteiger partial charge in [0, 0.05) is 44.7 Å². The molecule has 0 aliphatic rings. The predicted molar refractivity (Wildman–Crippen MR) is 82.9 cm³/mol. The highest BCUT2D eigenvalue weighted by atomic mass is 32.2. The van der Waals surface area contributed by atoms with Crippen LogP contribution in [0.2, 0.25) is 0 Å². The van der Waals surface area contributed by atoms with Crippen LogP contribution in [-0.2, 0) is 23.3 Å². The first-order valence-electron chi connectivity index (χ1n) is 6.87. The van der Waals surface area contributed by atoms with Gasteiger partial charge in [0.05, 0.1) is 4.90 Å². The molecule has 1 unspecified atom stereocenters. The molecular weight excluding hydrogens is 286 g/mol. The fraction of sp³-hybridized carbons (Fsp3) is 0.400. The van der Waals surface area contributed by atoms with Crippen molar-refractivity contribution in [3.05, 3.63) is 48.0 Å². The van der Waals surface area contributed by atoms with Crippen LogP contribution < -0.4 is 5.32 Å². The van der Waals surface area contributed by atoms with E-state index in [1.807, 2.05) is 29.9 Å². The summed E-state index contributed by atoms with van der Waals surface area (Å²) in [7, 11) is -1.15. The van der Waals surface area contributed by atoms with Crippen LogP contribution in [0.4, 0.5) is 0 Å². The minimum atomic E-state index is -3.13. The van der Waals surface area contributed by atoms with Crippen molar-refractivity contribution in [3.63, 3.8) is 0 Å². The van der Waals surface area contributed by atoms with Crippen LogP contribution in [0.5, 0.6) is 0 Å². The van der Waals surface area contributed by atoms with Gasteiger partial charge in [-0.05, 0) is 24.6 Å². The number of rotatable bonds is 6. The van der Waals surface area contributed by atoms with Gasteiger partial charge in [0.1, 0.15) is 5.82 Å². The molecule has 0 spiro atoms. The first-order chi connectivity index (χ1) is 9.88. The van der Waals surface area contributed by atoms with Gasteiger partial charge in [0.25, 0.3) is 0 Å². The molecule has 2 aromatic rings. The third-order valence-corrected chi connectivity index (χ3v) is 4.66. The summed E-state index contributed by atoms with van der Waals surface area (Å²) < 4.78 is 24.9. The summed E-state index contributed by atoms with van der Waals surface area (Å²) in [5.41, 5.74) is 1.07. The maximum absolute atomic E-state index is 11.4. The average molecular weight is 307 g/mol. The Morgan fingerprint density at radius 2 is 1.95 bits per heavy atom. The number of benzene rings is 1. The van der Waals surface area contributed by atoms with E-state index in [9.17, 15) is 8.42 Å². The molecular formula is C15H21N3O2S. The Bertz CT molecular complexity index is 690. The predicted octanol–water partition coefficient (Wildman–Crippen LogP) is 1.72. The minimum Gasteiger partial charge on any atom is -0.338 e. The quantitative estimate of drug-likeness (QED) is 0.882. The van der Waals surface area contributed by atoms with Gasteiger partial charge in [-0.3, -0.25) is 0 Å². The van der Waals surface area contributed by atoms with Crippen molar-refractivity contribution in [2.75, 3.05) is 12.8 Å². The van der Waals surface area contributed by atoms with Crippen molar-refractivity contribution < 1.29 is 8.42 Å². The monoisotopic (exact) mass is 307 g/mol. The second-order valence-corrected chi connectivity index (χ2v) is 7.24. The SMILES string of the molecule is CC(NCCc1nccn1C)c1ccc(S(C)(=O)=O)cc1. The zero-order valence-corrected chi connectivity index (χ0v) is 13.4. The molecule has 0 amide bonds. The molecule has 0 aliphatic carbocycles. The Morgan fingerprint density at radius 3 is 2.48 bits per heavy atom. The van der Waals surface area contributed by atoms with Gasteiger partial charge >= 0.3 is 0 Å². The van der Waals surface area contributed by atoms with Crippen LogP contribution in [0.25, 0.3) is 0 Å². The molecule has 0 saturated carbocycles. The van der Waals surface area contributed by atoms with E-state index >= 15 is 0 Å². The van der Waals surface area contributed by atoms with Crippen LogP contribution >= 0.6 is 0 Å². The summed E-state index contributed by atoms with van der Waals surface area (Å²) in [5.74, 6) is 1.04. The number of aromatic nitrogens is 2. The van der Waals surface area contributed by atoms with Gasteiger partial charge in [-0.2, -0.15) is 0 Å². The summed E-state index contributed by atoms with van der Waals surface area (Å²) in [6, 6.07) is 7.19. The van der Waals surface area contributed by atoms with Gasteiger partial charge < -0.3 is 9.88 Å². The molecule has 21 heavy (non-hydrogen) atoms. The summed E-state index contributed by atoms with van der Waals surface area (Å²) >= 11 is 0. The van der Waals surface area contributed by atoms with E-state index in [1.54, 1.807) is 18.3 Å². The highest BCUT2D eigenvalue weighted by Gasteiger charge is 2.09. The molecule has 1 heterocycles. The molecule has 1 aromatic heterocycles. The highest BCUT2D eigenvalue weighted by molar-refractivity contribution is 7.90. The number of hydrogen-bond acceptors (Lipinski definition) is 4. The molecule has 1 N–H and O–H groups in total. The maximum Gasteiger partial charge on any atom is 0.175 e.